The molecule has 2 heterocycles. The van der Waals surface area contributed by atoms with Crippen LogP contribution >= 0.6 is 0 Å². The van der Waals surface area contributed by atoms with E-state index in [0.717, 1.165) is 5.56 Å². The van der Waals surface area contributed by atoms with Gasteiger partial charge in [0.15, 0.2) is 6.61 Å². The smallest absolute Gasteiger partial charge is 0.422 e. The molecule has 0 aliphatic heterocycles. The van der Waals surface area contributed by atoms with Crippen LogP contribution in [0.4, 0.5) is 18.9 Å². The first-order valence-corrected chi connectivity index (χ1v) is 6.24. The predicted octanol–water partition coefficient (Wildman–Crippen LogP) is 2.93. The lowest BCUT2D eigenvalue weighted by Crippen LogP contribution is -2.19. The molecule has 0 radical (unpaired) electrons. The monoisotopic (exact) mass is 300 g/mol. The van der Waals surface area contributed by atoms with Crippen molar-refractivity contribution in [2.24, 2.45) is 7.05 Å². The van der Waals surface area contributed by atoms with E-state index in [-0.39, 0.29) is 11.9 Å². The highest BCUT2D eigenvalue weighted by atomic mass is 19.4. The van der Waals surface area contributed by atoms with Crippen molar-refractivity contribution >= 4 is 5.69 Å². The van der Waals surface area contributed by atoms with Crippen LogP contribution in [0.3, 0.4) is 0 Å². The molecule has 0 saturated carbocycles. The molecule has 0 aromatic carbocycles. The van der Waals surface area contributed by atoms with Gasteiger partial charge in [-0.2, -0.15) is 18.3 Å². The number of nitrogens with one attached hydrogen (secondary N) is 1. The van der Waals surface area contributed by atoms with Crippen LogP contribution in [-0.4, -0.2) is 27.5 Å². The summed E-state index contributed by atoms with van der Waals surface area (Å²) in [6.07, 6.45) is 0.684. The van der Waals surface area contributed by atoms with E-state index in [4.69, 9.17) is 0 Å². The minimum Gasteiger partial charge on any atom is -0.468 e. The maximum Gasteiger partial charge on any atom is 0.422 e. The van der Waals surface area contributed by atoms with Gasteiger partial charge < -0.3 is 10.1 Å². The average Bonchev–Trinajstić information content (AvgIpc) is 2.84. The van der Waals surface area contributed by atoms with E-state index in [1.54, 1.807) is 16.9 Å². The van der Waals surface area contributed by atoms with Crippen molar-refractivity contribution in [3.8, 4) is 5.88 Å². The van der Waals surface area contributed by atoms with Gasteiger partial charge in [0, 0.05) is 24.9 Å². The zero-order valence-electron chi connectivity index (χ0n) is 11.6. The van der Waals surface area contributed by atoms with Crippen LogP contribution in [0.25, 0.3) is 0 Å². The van der Waals surface area contributed by atoms with Gasteiger partial charge in [-0.3, -0.25) is 4.68 Å². The Balaban J connectivity index is 1.93. The molecule has 0 aliphatic carbocycles. The number of ether oxygens (including phenoxy) is 1. The predicted molar refractivity (Wildman–Crippen MR) is 71.0 cm³/mol. The summed E-state index contributed by atoms with van der Waals surface area (Å²) in [5.41, 5.74) is 1.68. The normalized spacial score (nSPS) is 13.0. The minimum atomic E-state index is -4.37. The lowest BCUT2D eigenvalue weighted by Gasteiger charge is -2.14. The second-order valence-corrected chi connectivity index (χ2v) is 4.60. The van der Waals surface area contributed by atoms with Crippen molar-refractivity contribution in [3.05, 3.63) is 36.3 Å². The van der Waals surface area contributed by atoms with Crippen molar-refractivity contribution < 1.29 is 17.9 Å². The fraction of sp³-hybridized carbons (Fsp3) is 0.385. The molecule has 0 aliphatic rings. The second-order valence-electron chi connectivity index (χ2n) is 4.60. The lowest BCUT2D eigenvalue weighted by atomic mass is 10.2. The first kappa shape index (κ1) is 15.1. The summed E-state index contributed by atoms with van der Waals surface area (Å²) in [6, 6.07) is 3.01. The van der Waals surface area contributed by atoms with Gasteiger partial charge in [-0.05, 0) is 13.0 Å². The molecule has 8 heteroatoms. The van der Waals surface area contributed by atoms with Crippen molar-refractivity contribution in [3.63, 3.8) is 0 Å². The number of aromatic nitrogens is 3. The first-order valence-electron chi connectivity index (χ1n) is 6.24. The molecule has 1 atom stereocenters. The highest BCUT2D eigenvalue weighted by Crippen LogP contribution is 2.21. The van der Waals surface area contributed by atoms with Crippen molar-refractivity contribution in [1.82, 2.24) is 14.8 Å². The molecule has 21 heavy (non-hydrogen) atoms. The van der Waals surface area contributed by atoms with Gasteiger partial charge in [0.05, 0.1) is 24.1 Å². The van der Waals surface area contributed by atoms with Crippen molar-refractivity contribution in [1.29, 1.82) is 0 Å². The summed E-state index contributed by atoms with van der Waals surface area (Å²) in [4.78, 5) is 3.83. The quantitative estimate of drug-likeness (QED) is 0.922. The van der Waals surface area contributed by atoms with Gasteiger partial charge in [-0.15, -0.1) is 0 Å². The summed E-state index contributed by atoms with van der Waals surface area (Å²) in [5.74, 6) is -0.0631. The molecule has 0 bridgehead atoms. The van der Waals surface area contributed by atoms with Crippen LogP contribution in [0, 0.1) is 0 Å². The van der Waals surface area contributed by atoms with Crippen LogP contribution in [0.5, 0.6) is 5.88 Å². The zero-order chi connectivity index (χ0) is 15.5. The standard InChI is InChI=1S/C13H15F3N4O/c1-9(10-5-18-20(2)7-10)19-11-3-4-12(17-6-11)21-8-13(14,15)16/h3-7,9,19H,8H2,1-2H3. The Morgan fingerprint density at radius 2 is 2.10 bits per heavy atom. The molecule has 0 amide bonds. The van der Waals surface area contributed by atoms with Crippen LogP contribution in [0.1, 0.15) is 18.5 Å². The zero-order valence-corrected chi connectivity index (χ0v) is 11.6. The van der Waals surface area contributed by atoms with E-state index in [1.165, 1.54) is 12.3 Å². The van der Waals surface area contributed by atoms with Crippen LogP contribution in [0.15, 0.2) is 30.7 Å². The molecular weight excluding hydrogens is 285 g/mol. The fourth-order valence-corrected chi connectivity index (χ4v) is 1.70. The maximum atomic E-state index is 12.0. The molecular formula is C13H15F3N4O. The number of nitrogens with zero attached hydrogens (tertiary/aromatic N) is 3. The van der Waals surface area contributed by atoms with Crippen LogP contribution in [-0.2, 0) is 7.05 Å². The third-order valence-electron chi connectivity index (χ3n) is 2.73. The van der Waals surface area contributed by atoms with E-state index in [9.17, 15) is 13.2 Å². The third kappa shape index (κ3) is 4.66. The van der Waals surface area contributed by atoms with Crippen LogP contribution in [0.2, 0.25) is 0 Å². The summed E-state index contributed by atoms with van der Waals surface area (Å²) < 4.78 is 42.3. The molecule has 0 saturated heterocycles. The Morgan fingerprint density at radius 1 is 1.33 bits per heavy atom. The van der Waals surface area contributed by atoms with Gasteiger partial charge in [0.1, 0.15) is 0 Å². The largest absolute Gasteiger partial charge is 0.468 e. The van der Waals surface area contributed by atoms with E-state index < -0.39 is 12.8 Å². The fourth-order valence-electron chi connectivity index (χ4n) is 1.70. The first-order chi connectivity index (χ1) is 9.83. The number of anilines is 1. The maximum absolute atomic E-state index is 12.0. The second kappa shape index (κ2) is 6.02. The van der Waals surface area contributed by atoms with Crippen LogP contribution < -0.4 is 10.1 Å². The summed E-state index contributed by atoms with van der Waals surface area (Å²) in [5, 5.41) is 7.25. The number of aryl methyl sites for hydroxylation is 1. The van der Waals surface area contributed by atoms with Gasteiger partial charge in [0.25, 0.3) is 0 Å². The Morgan fingerprint density at radius 3 is 2.62 bits per heavy atom. The third-order valence-corrected chi connectivity index (χ3v) is 2.73. The van der Waals surface area contributed by atoms with E-state index >= 15 is 0 Å². The average molecular weight is 300 g/mol. The highest BCUT2D eigenvalue weighted by Gasteiger charge is 2.28. The topological polar surface area (TPSA) is 52.0 Å². The summed E-state index contributed by atoms with van der Waals surface area (Å²) >= 11 is 0. The summed E-state index contributed by atoms with van der Waals surface area (Å²) in [7, 11) is 1.82. The molecule has 2 aromatic rings. The number of alkyl halides is 3. The number of hydrogen-bond acceptors (Lipinski definition) is 4. The molecule has 1 unspecified atom stereocenters. The van der Waals surface area contributed by atoms with Crippen molar-refractivity contribution in [2.75, 3.05) is 11.9 Å². The molecule has 0 fully saturated rings. The molecule has 2 rings (SSSR count). The Hall–Kier alpha value is -2.25. The van der Waals surface area contributed by atoms with Crippen molar-refractivity contribution in [2.45, 2.75) is 19.1 Å². The van der Waals surface area contributed by atoms with Gasteiger partial charge in [0.2, 0.25) is 5.88 Å². The van der Waals surface area contributed by atoms with Gasteiger partial charge >= 0.3 is 6.18 Å². The van der Waals surface area contributed by atoms with E-state index in [2.05, 4.69) is 20.1 Å². The highest BCUT2D eigenvalue weighted by molar-refractivity contribution is 5.44. The Bertz CT molecular complexity index is 580. The SMILES string of the molecule is CC(Nc1ccc(OCC(F)(F)F)nc1)c1cnn(C)c1. The Labute approximate surface area is 119 Å². The molecule has 114 valence electrons. The number of hydrogen-bond donors (Lipinski definition) is 1. The Kier molecular flexibility index (Phi) is 4.35. The van der Waals surface area contributed by atoms with Gasteiger partial charge in [-0.1, -0.05) is 0 Å². The van der Waals surface area contributed by atoms with E-state index in [0.29, 0.717) is 5.69 Å². The van der Waals surface area contributed by atoms with E-state index in [1.807, 2.05) is 20.2 Å². The van der Waals surface area contributed by atoms with Gasteiger partial charge in [-0.25, -0.2) is 4.98 Å². The number of halogens is 3. The molecule has 2 aromatic heterocycles. The number of rotatable bonds is 5. The molecule has 0 spiro atoms. The molecule has 1 N–H and O–H groups in total. The number of pyridine rings is 1. The lowest BCUT2D eigenvalue weighted by molar-refractivity contribution is -0.154. The molecule has 5 nitrogen and oxygen atoms in total. The summed E-state index contributed by atoms with van der Waals surface area (Å²) in [6.45, 7) is 0.601. The minimum absolute atomic E-state index is 0.00226.